The van der Waals surface area contributed by atoms with Gasteiger partial charge in [0.2, 0.25) is 0 Å². The summed E-state index contributed by atoms with van der Waals surface area (Å²) in [4.78, 5) is 4.60. The average Bonchev–Trinajstić information content (AvgIpc) is 2.91. The van der Waals surface area contributed by atoms with Crippen molar-refractivity contribution in [1.29, 1.82) is 0 Å². The van der Waals surface area contributed by atoms with Gasteiger partial charge in [0.15, 0.2) is 5.96 Å². The van der Waals surface area contributed by atoms with E-state index in [0.29, 0.717) is 5.92 Å². The molecule has 0 radical (unpaired) electrons. The maximum absolute atomic E-state index is 4.60. The van der Waals surface area contributed by atoms with Crippen LogP contribution in [0.25, 0.3) is 0 Å². The van der Waals surface area contributed by atoms with Crippen LogP contribution in [0.5, 0.6) is 0 Å². The molecule has 6 nitrogen and oxygen atoms in total. The Morgan fingerprint density at radius 1 is 1.36 bits per heavy atom. The summed E-state index contributed by atoms with van der Waals surface area (Å²) < 4.78 is 2.08. The van der Waals surface area contributed by atoms with E-state index in [2.05, 4.69) is 57.4 Å². The maximum Gasteiger partial charge on any atom is 0.191 e. The molecule has 0 unspecified atom stereocenters. The van der Waals surface area contributed by atoms with Gasteiger partial charge >= 0.3 is 0 Å². The highest BCUT2D eigenvalue weighted by atomic mass is 127. The minimum absolute atomic E-state index is 0. The number of aromatic nitrogens is 3. The molecule has 22 heavy (non-hydrogen) atoms. The highest BCUT2D eigenvalue weighted by molar-refractivity contribution is 14.0. The molecule has 0 atom stereocenters. The quantitative estimate of drug-likeness (QED) is 0.266. The zero-order valence-electron chi connectivity index (χ0n) is 14.0. The van der Waals surface area contributed by atoms with Gasteiger partial charge in [-0.3, -0.25) is 4.99 Å². The minimum Gasteiger partial charge on any atom is -0.356 e. The van der Waals surface area contributed by atoms with Crippen molar-refractivity contribution in [2.45, 2.75) is 33.7 Å². The van der Waals surface area contributed by atoms with Gasteiger partial charge in [0, 0.05) is 38.4 Å². The van der Waals surface area contributed by atoms with Crippen LogP contribution >= 0.6 is 35.7 Å². The molecule has 1 aromatic rings. The second-order valence-electron chi connectivity index (χ2n) is 5.22. The van der Waals surface area contributed by atoms with Gasteiger partial charge in [0.1, 0.15) is 12.2 Å². The Bertz CT molecular complexity index is 421. The van der Waals surface area contributed by atoms with E-state index in [1.165, 1.54) is 0 Å². The van der Waals surface area contributed by atoms with Crippen molar-refractivity contribution in [3.05, 3.63) is 12.2 Å². The van der Waals surface area contributed by atoms with Crippen LogP contribution in [0.15, 0.2) is 11.3 Å². The van der Waals surface area contributed by atoms with Crippen LogP contribution in [0, 0.1) is 5.92 Å². The molecule has 0 fully saturated rings. The van der Waals surface area contributed by atoms with E-state index in [0.717, 1.165) is 50.1 Å². The van der Waals surface area contributed by atoms with Crippen LogP contribution in [-0.4, -0.2) is 52.4 Å². The molecular formula is C14H29IN6S. The number of nitrogens with one attached hydrogen (secondary N) is 2. The zero-order chi connectivity index (χ0) is 15.5. The van der Waals surface area contributed by atoms with E-state index >= 15 is 0 Å². The molecule has 128 valence electrons. The first-order valence-corrected chi connectivity index (χ1v) is 8.94. The predicted octanol–water partition coefficient (Wildman–Crippen LogP) is 2.01. The van der Waals surface area contributed by atoms with Crippen molar-refractivity contribution in [2.75, 3.05) is 31.6 Å². The Morgan fingerprint density at radius 2 is 2.09 bits per heavy atom. The molecule has 1 heterocycles. The summed E-state index contributed by atoms with van der Waals surface area (Å²) in [5.41, 5.74) is 0. The summed E-state index contributed by atoms with van der Waals surface area (Å²) in [5, 5.41) is 14.8. The van der Waals surface area contributed by atoms with E-state index in [1.807, 2.05) is 11.8 Å². The first kappa shape index (κ1) is 21.5. The summed E-state index contributed by atoms with van der Waals surface area (Å²) in [6.45, 7) is 9.86. The molecule has 8 heteroatoms. The van der Waals surface area contributed by atoms with E-state index in [4.69, 9.17) is 0 Å². The highest BCUT2D eigenvalue weighted by Crippen LogP contribution is 1.95. The summed E-state index contributed by atoms with van der Waals surface area (Å²) in [6, 6.07) is 0. The lowest BCUT2D eigenvalue weighted by atomic mass is 10.2. The topological polar surface area (TPSA) is 67.1 Å². The van der Waals surface area contributed by atoms with Crippen molar-refractivity contribution >= 4 is 41.7 Å². The molecule has 0 saturated carbocycles. The first-order valence-electron chi connectivity index (χ1n) is 7.55. The standard InChI is InChI=1S/C14H28N6S.HI/c1-5-13-19-18-11-20(13)8-6-15-14(16-7-9-21-4)17-10-12(2)3;/h11-12H,5-10H2,1-4H3,(H2,15,16,17);1H. The van der Waals surface area contributed by atoms with E-state index in [1.54, 1.807) is 6.33 Å². The van der Waals surface area contributed by atoms with Crippen LogP contribution in [0.3, 0.4) is 0 Å². The SMILES string of the molecule is CCc1nncn1CCNC(=NCC(C)C)NCCSC.I. The van der Waals surface area contributed by atoms with Gasteiger partial charge in [-0.1, -0.05) is 20.8 Å². The fraction of sp³-hybridized carbons (Fsp3) is 0.786. The van der Waals surface area contributed by atoms with Gasteiger partial charge in [0.25, 0.3) is 0 Å². The van der Waals surface area contributed by atoms with Crippen molar-refractivity contribution < 1.29 is 0 Å². The molecular weight excluding hydrogens is 411 g/mol. The van der Waals surface area contributed by atoms with Crippen molar-refractivity contribution in [3.8, 4) is 0 Å². The number of aryl methyl sites for hydroxylation is 1. The Kier molecular flexibility index (Phi) is 12.7. The van der Waals surface area contributed by atoms with E-state index in [9.17, 15) is 0 Å². The molecule has 0 aromatic carbocycles. The molecule has 0 amide bonds. The van der Waals surface area contributed by atoms with Crippen LogP contribution in [0.1, 0.15) is 26.6 Å². The third kappa shape index (κ3) is 8.82. The predicted molar refractivity (Wildman–Crippen MR) is 106 cm³/mol. The van der Waals surface area contributed by atoms with Crippen LogP contribution in [0.4, 0.5) is 0 Å². The lowest BCUT2D eigenvalue weighted by molar-refractivity contribution is 0.624. The highest BCUT2D eigenvalue weighted by Gasteiger charge is 2.03. The Hall–Kier alpha value is -0.510. The van der Waals surface area contributed by atoms with Gasteiger partial charge in [-0.25, -0.2) is 0 Å². The van der Waals surface area contributed by atoms with E-state index < -0.39 is 0 Å². The molecule has 0 spiro atoms. The van der Waals surface area contributed by atoms with Crippen LogP contribution in [0.2, 0.25) is 0 Å². The summed E-state index contributed by atoms with van der Waals surface area (Å²) in [6.07, 6.45) is 4.80. The number of hydrogen-bond acceptors (Lipinski definition) is 4. The number of hydrogen-bond donors (Lipinski definition) is 2. The van der Waals surface area contributed by atoms with Gasteiger partial charge in [0.05, 0.1) is 0 Å². The molecule has 0 bridgehead atoms. The van der Waals surface area contributed by atoms with Crippen LogP contribution < -0.4 is 10.6 Å². The Balaban J connectivity index is 0.00000441. The van der Waals surface area contributed by atoms with Crippen molar-refractivity contribution in [2.24, 2.45) is 10.9 Å². The number of halogens is 1. The van der Waals surface area contributed by atoms with Crippen LogP contribution in [-0.2, 0) is 13.0 Å². The summed E-state index contributed by atoms with van der Waals surface area (Å²) in [5.74, 6) is 3.55. The van der Waals surface area contributed by atoms with Gasteiger partial charge in [-0.05, 0) is 12.2 Å². The number of nitrogens with zero attached hydrogens (tertiary/aromatic N) is 4. The average molecular weight is 440 g/mol. The Morgan fingerprint density at radius 3 is 2.73 bits per heavy atom. The fourth-order valence-electron chi connectivity index (χ4n) is 1.75. The number of guanidine groups is 1. The van der Waals surface area contributed by atoms with Crippen molar-refractivity contribution in [1.82, 2.24) is 25.4 Å². The molecule has 2 N–H and O–H groups in total. The summed E-state index contributed by atoms with van der Waals surface area (Å²) in [7, 11) is 0. The lowest BCUT2D eigenvalue weighted by Crippen LogP contribution is -2.40. The first-order chi connectivity index (χ1) is 10.2. The fourth-order valence-corrected chi connectivity index (χ4v) is 2.06. The van der Waals surface area contributed by atoms with Gasteiger partial charge < -0.3 is 15.2 Å². The molecule has 1 rings (SSSR count). The van der Waals surface area contributed by atoms with Crippen molar-refractivity contribution in [3.63, 3.8) is 0 Å². The third-order valence-corrected chi connectivity index (χ3v) is 3.48. The molecule has 1 aromatic heterocycles. The normalized spacial score (nSPS) is 11.4. The molecule has 0 aliphatic carbocycles. The second kappa shape index (κ2) is 13.0. The summed E-state index contributed by atoms with van der Waals surface area (Å²) >= 11 is 1.83. The van der Waals surface area contributed by atoms with Gasteiger partial charge in [-0.15, -0.1) is 34.2 Å². The third-order valence-electron chi connectivity index (χ3n) is 2.87. The van der Waals surface area contributed by atoms with E-state index in [-0.39, 0.29) is 24.0 Å². The monoisotopic (exact) mass is 440 g/mol. The lowest BCUT2D eigenvalue weighted by Gasteiger charge is -2.13. The maximum atomic E-state index is 4.60. The smallest absolute Gasteiger partial charge is 0.191 e. The number of aliphatic imine (C=N–C) groups is 1. The minimum atomic E-state index is 0. The number of thioether (sulfide) groups is 1. The zero-order valence-corrected chi connectivity index (χ0v) is 17.1. The Labute approximate surface area is 155 Å². The largest absolute Gasteiger partial charge is 0.356 e. The van der Waals surface area contributed by atoms with Gasteiger partial charge in [-0.2, -0.15) is 11.8 Å². The molecule has 0 aliphatic rings. The second-order valence-corrected chi connectivity index (χ2v) is 6.21. The molecule has 0 saturated heterocycles. The molecule has 0 aliphatic heterocycles. The number of rotatable bonds is 9.